The van der Waals surface area contributed by atoms with Gasteiger partial charge in [-0.15, -0.1) is 0 Å². The molecule has 0 aromatic heterocycles. The van der Waals surface area contributed by atoms with Crippen molar-refractivity contribution in [3.05, 3.63) is 66.7 Å². The predicted octanol–water partition coefficient (Wildman–Crippen LogP) is 6.15. The summed E-state index contributed by atoms with van der Waals surface area (Å²) >= 11 is 9.80. The predicted molar refractivity (Wildman–Crippen MR) is 93.5 cm³/mol. The second-order valence-electron chi connectivity index (χ2n) is 4.39. The summed E-state index contributed by atoms with van der Waals surface area (Å²) in [6.45, 7) is 4.29. The lowest BCUT2D eigenvalue weighted by Crippen LogP contribution is -1.98. The van der Waals surface area contributed by atoms with Crippen molar-refractivity contribution in [3.8, 4) is 0 Å². The van der Waals surface area contributed by atoms with E-state index in [9.17, 15) is 0 Å². The molecule has 0 bridgehead atoms. The van der Waals surface area contributed by atoms with Crippen molar-refractivity contribution in [3.63, 3.8) is 0 Å². The van der Waals surface area contributed by atoms with Gasteiger partial charge in [-0.25, -0.2) is 0 Å². The number of alkyl halides is 1. The zero-order chi connectivity index (χ0) is 13.3. The van der Waals surface area contributed by atoms with Gasteiger partial charge in [-0.05, 0) is 71.3 Å². The molecule has 2 rings (SSSR count). The molecule has 3 heteroatoms. The Morgan fingerprint density at radius 1 is 1.00 bits per heavy atom. The summed E-state index contributed by atoms with van der Waals surface area (Å²) in [5, 5.41) is 0. The molecule has 0 spiro atoms. The minimum atomic E-state index is 0.224. The molecular weight excluding hydrogens is 467 g/mol. The Morgan fingerprint density at radius 2 is 1.72 bits per heavy atom. The van der Waals surface area contributed by atoms with Crippen LogP contribution in [0.1, 0.15) is 27.1 Å². The lowest BCUT2D eigenvalue weighted by molar-refractivity contribution is 1.12. The van der Waals surface area contributed by atoms with Gasteiger partial charge in [0.1, 0.15) is 0 Å². The fourth-order valence-electron chi connectivity index (χ4n) is 1.99. The second kappa shape index (κ2) is 6.06. The molecule has 1 unspecified atom stereocenters. The maximum atomic E-state index is 3.82. The van der Waals surface area contributed by atoms with E-state index < -0.39 is 0 Å². The maximum absolute atomic E-state index is 3.82. The first-order valence-corrected chi connectivity index (χ1v) is 8.44. The van der Waals surface area contributed by atoms with Gasteiger partial charge in [0.25, 0.3) is 0 Å². The Bertz CT molecular complexity index is 579. The number of hydrogen-bond acceptors (Lipinski definition) is 0. The average molecular weight is 480 g/mol. The van der Waals surface area contributed by atoms with Crippen LogP contribution in [0, 0.1) is 17.4 Å². The molecule has 2 aromatic rings. The normalized spacial score (nSPS) is 12.5. The number of halogens is 3. The van der Waals surface area contributed by atoms with Crippen molar-refractivity contribution in [1.29, 1.82) is 0 Å². The van der Waals surface area contributed by atoms with Gasteiger partial charge in [-0.1, -0.05) is 55.6 Å². The smallest absolute Gasteiger partial charge is 0.0658 e. The van der Waals surface area contributed by atoms with Crippen LogP contribution in [0.15, 0.2) is 40.9 Å². The molecule has 0 fully saturated rings. The third-order valence-electron chi connectivity index (χ3n) is 2.93. The molecule has 0 aliphatic heterocycles. The van der Waals surface area contributed by atoms with E-state index in [4.69, 9.17) is 0 Å². The van der Waals surface area contributed by atoms with E-state index in [0.717, 1.165) is 4.47 Å². The van der Waals surface area contributed by atoms with Crippen LogP contribution in [0.4, 0.5) is 0 Å². The molecule has 1 atom stereocenters. The lowest BCUT2D eigenvalue weighted by Gasteiger charge is -2.16. The van der Waals surface area contributed by atoms with Crippen LogP contribution in [0.2, 0.25) is 0 Å². The van der Waals surface area contributed by atoms with E-state index in [0.29, 0.717) is 0 Å². The topological polar surface area (TPSA) is 0 Å². The molecule has 2 aromatic carbocycles. The summed E-state index contributed by atoms with van der Waals surface area (Å²) in [4.78, 5) is 0.224. The van der Waals surface area contributed by atoms with Crippen LogP contribution in [0.25, 0.3) is 0 Å². The number of benzene rings is 2. The first-order chi connectivity index (χ1) is 8.49. The highest BCUT2D eigenvalue weighted by Gasteiger charge is 2.15. The Hall–Kier alpha value is 0.130. The van der Waals surface area contributed by atoms with E-state index in [1.165, 1.54) is 25.8 Å². The van der Waals surface area contributed by atoms with Gasteiger partial charge < -0.3 is 0 Å². The highest BCUT2D eigenvalue weighted by atomic mass is 127. The second-order valence-corrected chi connectivity index (χ2v) is 7.40. The van der Waals surface area contributed by atoms with Crippen molar-refractivity contribution >= 4 is 54.5 Å². The summed E-state index contributed by atoms with van der Waals surface area (Å²) in [7, 11) is 0. The van der Waals surface area contributed by atoms with Crippen LogP contribution < -0.4 is 0 Å². The summed E-state index contributed by atoms with van der Waals surface area (Å²) < 4.78 is 2.39. The average Bonchev–Trinajstić information content (AvgIpc) is 2.31. The van der Waals surface area contributed by atoms with Gasteiger partial charge in [-0.2, -0.15) is 0 Å². The highest BCUT2D eigenvalue weighted by Crippen LogP contribution is 2.37. The third kappa shape index (κ3) is 3.17. The number of aryl methyl sites for hydroxylation is 2. The van der Waals surface area contributed by atoms with Crippen LogP contribution in [0.3, 0.4) is 0 Å². The summed E-state index contributed by atoms with van der Waals surface area (Å²) in [6, 6.07) is 13.0. The molecule has 94 valence electrons. The Morgan fingerprint density at radius 3 is 2.39 bits per heavy atom. The molecule has 0 heterocycles. The number of rotatable bonds is 2. The van der Waals surface area contributed by atoms with E-state index in [2.05, 4.69) is 105 Å². The van der Waals surface area contributed by atoms with Gasteiger partial charge >= 0.3 is 0 Å². The molecular formula is C15H13Br2I. The fourth-order valence-corrected chi connectivity index (χ4v) is 4.18. The lowest BCUT2D eigenvalue weighted by atomic mass is 9.99. The SMILES string of the molecule is Cc1ccc(C(Br)c2cc(I)ccc2Br)c(C)c1. The van der Waals surface area contributed by atoms with Gasteiger partial charge in [0.15, 0.2) is 0 Å². The van der Waals surface area contributed by atoms with Crippen LogP contribution in [-0.4, -0.2) is 0 Å². The van der Waals surface area contributed by atoms with Crippen LogP contribution >= 0.6 is 54.5 Å². The van der Waals surface area contributed by atoms with Gasteiger partial charge in [0, 0.05) is 8.04 Å². The molecule has 0 saturated carbocycles. The quantitative estimate of drug-likeness (QED) is 0.358. The Kier molecular flexibility index (Phi) is 4.89. The summed E-state index contributed by atoms with van der Waals surface area (Å²) in [5.41, 5.74) is 5.22. The molecule has 0 radical (unpaired) electrons. The van der Waals surface area contributed by atoms with Crippen molar-refractivity contribution in [2.45, 2.75) is 18.7 Å². The summed E-state index contributed by atoms with van der Waals surface area (Å²) in [6.07, 6.45) is 0. The minimum absolute atomic E-state index is 0.224. The Labute approximate surface area is 139 Å². The number of hydrogen-bond donors (Lipinski definition) is 0. The van der Waals surface area contributed by atoms with Crippen molar-refractivity contribution in [2.75, 3.05) is 0 Å². The molecule has 0 aliphatic rings. The van der Waals surface area contributed by atoms with Crippen molar-refractivity contribution < 1.29 is 0 Å². The molecule has 0 aliphatic carbocycles. The van der Waals surface area contributed by atoms with E-state index in [-0.39, 0.29) is 4.83 Å². The van der Waals surface area contributed by atoms with Crippen molar-refractivity contribution in [2.24, 2.45) is 0 Å². The third-order valence-corrected chi connectivity index (χ3v) is 5.31. The van der Waals surface area contributed by atoms with E-state index in [1.807, 2.05) is 0 Å². The van der Waals surface area contributed by atoms with Crippen LogP contribution in [0.5, 0.6) is 0 Å². The monoisotopic (exact) mass is 478 g/mol. The molecule has 0 nitrogen and oxygen atoms in total. The van der Waals surface area contributed by atoms with Crippen molar-refractivity contribution in [1.82, 2.24) is 0 Å². The highest BCUT2D eigenvalue weighted by molar-refractivity contribution is 14.1. The maximum Gasteiger partial charge on any atom is 0.0658 e. The van der Waals surface area contributed by atoms with Gasteiger partial charge in [-0.3, -0.25) is 0 Å². The molecule has 0 N–H and O–H groups in total. The van der Waals surface area contributed by atoms with Gasteiger partial charge in [0.2, 0.25) is 0 Å². The molecule has 18 heavy (non-hydrogen) atoms. The Balaban J connectivity index is 2.47. The molecule has 0 saturated heterocycles. The summed E-state index contributed by atoms with van der Waals surface area (Å²) in [5.74, 6) is 0. The van der Waals surface area contributed by atoms with E-state index in [1.54, 1.807) is 0 Å². The molecule has 0 amide bonds. The zero-order valence-electron chi connectivity index (χ0n) is 10.2. The van der Waals surface area contributed by atoms with E-state index >= 15 is 0 Å². The van der Waals surface area contributed by atoms with Gasteiger partial charge in [0.05, 0.1) is 4.83 Å². The fraction of sp³-hybridized carbons (Fsp3) is 0.200. The van der Waals surface area contributed by atoms with Crippen LogP contribution in [-0.2, 0) is 0 Å². The first kappa shape index (κ1) is 14.5. The standard InChI is InChI=1S/C15H13Br2I/c1-9-3-5-12(10(2)7-9)15(17)13-8-11(18)4-6-14(13)16/h3-8,15H,1-2H3. The zero-order valence-corrected chi connectivity index (χ0v) is 15.5. The largest absolute Gasteiger partial charge is 0.0786 e. The first-order valence-electron chi connectivity index (χ1n) is 5.65. The minimum Gasteiger partial charge on any atom is -0.0786 e.